The lowest BCUT2D eigenvalue weighted by Crippen LogP contribution is -2.41. The van der Waals surface area contributed by atoms with Gasteiger partial charge < -0.3 is 0 Å². The Bertz CT molecular complexity index is 766. The van der Waals surface area contributed by atoms with Crippen LogP contribution in [0.15, 0.2) is 91.0 Å². The summed E-state index contributed by atoms with van der Waals surface area (Å²) in [4.78, 5) is 2.22. The van der Waals surface area contributed by atoms with Crippen molar-refractivity contribution in [1.82, 2.24) is 4.90 Å². The van der Waals surface area contributed by atoms with E-state index in [4.69, 9.17) is 0 Å². The van der Waals surface area contributed by atoms with Gasteiger partial charge in [-0.3, -0.25) is 0 Å². The largest absolute Gasteiger partial charge is 0.357 e. The van der Waals surface area contributed by atoms with Crippen molar-refractivity contribution in [1.29, 1.82) is 0 Å². The Hall–Kier alpha value is -2.28. The first-order valence-corrected chi connectivity index (χ1v) is 9.39. The van der Waals surface area contributed by atoms with E-state index >= 15 is 0 Å². The maximum Gasteiger partial charge on any atom is 0.357 e. The van der Waals surface area contributed by atoms with Gasteiger partial charge in [-0.2, -0.15) is 0 Å². The second kappa shape index (κ2) is 7.74. The summed E-state index contributed by atoms with van der Waals surface area (Å²) in [7, 11) is 1.53. The van der Waals surface area contributed by atoms with E-state index < -0.39 is 13.7 Å². The van der Waals surface area contributed by atoms with Gasteiger partial charge in [0.2, 0.25) is 0 Å². The van der Waals surface area contributed by atoms with Crippen LogP contribution in [0.3, 0.4) is 0 Å². The molecule has 3 aromatic carbocycles. The fourth-order valence-electron chi connectivity index (χ4n) is 3.37. The molecule has 25 heavy (non-hydrogen) atoms. The lowest BCUT2D eigenvalue weighted by molar-refractivity contribution is 0.181. The number of nitrogens with zero attached hydrogens (tertiary/aromatic N) is 1. The Balaban J connectivity index is 2.16. The average molecular weight is 348 g/mol. The van der Waals surface area contributed by atoms with Crippen LogP contribution in [0.25, 0.3) is 0 Å². The zero-order chi connectivity index (χ0) is 17.7. The van der Waals surface area contributed by atoms with E-state index in [0.717, 1.165) is 11.1 Å². The molecule has 0 N–H and O–H groups in total. The van der Waals surface area contributed by atoms with E-state index in [1.807, 2.05) is 54.6 Å². The number of benzene rings is 3. The third-order valence-corrected chi connectivity index (χ3v) is 6.15. The average Bonchev–Trinajstić information content (AvgIpc) is 2.70. The molecule has 0 fully saturated rings. The first-order chi connectivity index (χ1) is 12.2. The summed E-state index contributed by atoms with van der Waals surface area (Å²) in [6.07, 6.45) is 0. The minimum Gasteiger partial charge on any atom is -0.246 e. The predicted octanol–water partition coefficient (Wildman–Crippen LogP) is 5.60. The normalized spacial score (nSPS) is 13.1. The molecule has 2 atom stereocenters. The molecule has 0 spiro atoms. The van der Waals surface area contributed by atoms with Crippen LogP contribution in [0.4, 0.5) is 0 Å². The summed E-state index contributed by atoms with van der Waals surface area (Å²) >= 11 is 0. The molecule has 0 aromatic heterocycles. The van der Waals surface area contributed by atoms with E-state index in [-0.39, 0.29) is 6.04 Å². The molecule has 3 aromatic rings. The van der Waals surface area contributed by atoms with Crippen molar-refractivity contribution in [2.75, 3.05) is 7.05 Å². The van der Waals surface area contributed by atoms with E-state index in [2.05, 4.69) is 55.3 Å². The highest BCUT2D eigenvalue weighted by molar-refractivity contribution is 7.25. The number of rotatable bonds is 6. The second-order valence-corrected chi connectivity index (χ2v) is 7.17. The van der Waals surface area contributed by atoms with E-state index in [1.165, 1.54) is 5.56 Å². The Kier molecular flexibility index (Phi) is 5.43. The smallest absolute Gasteiger partial charge is 0.246 e. The van der Waals surface area contributed by atoms with Crippen LogP contribution in [0, 0.1) is 0 Å². The van der Waals surface area contributed by atoms with Gasteiger partial charge in [0, 0.05) is 17.2 Å². The molecule has 0 amide bonds. The molecule has 2 nitrogen and oxygen atoms in total. The molecule has 1 unspecified atom stereocenters. The summed E-state index contributed by atoms with van der Waals surface area (Å²) in [6, 6.07) is 30.7. The summed E-state index contributed by atoms with van der Waals surface area (Å²) in [5, 5.41) is -0.683. The molecule has 0 aliphatic carbocycles. The molecular weight excluding hydrogens is 325 g/mol. The van der Waals surface area contributed by atoms with Crippen LogP contribution in [0.1, 0.15) is 29.7 Å². The van der Waals surface area contributed by atoms with E-state index in [1.54, 1.807) is 0 Å². The predicted molar refractivity (Wildman–Crippen MR) is 105 cm³/mol. The third kappa shape index (κ3) is 3.28. The van der Waals surface area contributed by atoms with Gasteiger partial charge in [0.15, 0.2) is 0 Å². The van der Waals surface area contributed by atoms with Gasteiger partial charge in [0.05, 0.1) is 0 Å². The van der Waals surface area contributed by atoms with Crippen LogP contribution >= 0.6 is 8.46 Å². The summed E-state index contributed by atoms with van der Waals surface area (Å²) in [5.41, 5.74) is 3.29. The van der Waals surface area contributed by atoms with Crippen LogP contribution in [0.2, 0.25) is 0 Å². The first-order valence-electron chi connectivity index (χ1n) is 8.48. The van der Waals surface area contributed by atoms with Gasteiger partial charge in [-0.05, 0) is 19.5 Å². The van der Waals surface area contributed by atoms with E-state index in [0.29, 0.717) is 0 Å². The van der Waals surface area contributed by atoms with Crippen LogP contribution in [-0.2, 0) is 9.85 Å². The second-order valence-electron chi connectivity index (χ2n) is 6.24. The molecule has 0 aliphatic heterocycles. The third-order valence-electron chi connectivity index (χ3n) is 4.92. The van der Waals surface area contributed by atoms with Gasteiger partial charge in [0.25, 0.3) is 5.28 Å². The fourth-order valence-corrected chi connectivity index (χ4v) is 4.27. The molecule has 0 aliphatic rings. The van der Waals surface area contributed by atoms with Crippen LogP contribution in [-0.4, -0.2) is 11.9 Å². The summed E-state index contributed by atoms with van der Waals surface area (Å²) in [6.45, 7) is 2.16. The highest BCUT2D eigenvalue weighted by Crippen LogP contribution is 2.47. The maximum absolute atomic E-state index is 12.7. The quantitative estimate of drug-likeness (QED) is 0.540. The van der Waals surface area contributed by atoms with Crippen molar-refractivity contribution in [3.05, 3.63) is 108 Å². The van der Waals surface area contributed by atoms with Gasteiger partial charge in [-0.15, -0.1) is 0 Å². The molecule has 0 bridgehead atoms. The minimum absolute atomic E-state index is 0.114. The van der Waals surface area contributed by atoms with Crippen molar-refractivity contribution in [2.45, 2.75) is 18.2 Å². The lowest BCUT2D eigenvalue weighted by atomic mass is 9.94. The fraction of sp³-hybridized carbons (Fsp3) is 0.182. The maximum atomic E-state index is 12.7. The molecule has 3 rings (SSSR count). The Labute approximate surface area is 151 Å². The van der Waals surface area contributed by atoms with Crippen LogP contribution in [0.5, 0.6) is 0 Å². The first kappa shape index (κ1) is 17.5. The monoisotopic (exact) mass is 348 g/mol. The molecule has 0 radical (unpaired) electrons. The standard InChI is InChI=1S/C22H22NOP/c1-18(19-12-6-3-7-13-19)23(2)22(25-24,20-14-8-4-9-15-20)21-16-10-5-11-17-21/h3-18H,1-2H3/p+1/t18-/m1/s1. The molecule has 0 saturated heterocycles. The zero-order valence-corrected chi connectivity index (χ0v) is 15.6. The van der Waals surface area contributed by atoms with Crippen molar-refractivity contribution in [3.8, 4) is 0 Å². The van der Waals surface area contributed by atoms with Crippen molar-refractivity contribution < 1.29 is 4.57 Å². The highest BCUT2D eigenvalue weighted by Gasteiger charge is 2.48. The van der Waals surface area contributed by atoms with Crippen LogP contribution < -0.4 is 0 Å². The molecule has 0 heterocycles. The van der Waals surface area contributed by atoms with Crippen molar-refractivity contribution in [2.24, 2.45) is 0 Å². The molecule has 126 valence electrons. The Morgan fingerprint density at radius 2 is 1.16 bits per heavy atom. The van der Waals surface area contributed by atoms with E-state index in [9.17, 15) is 4.57 Å². The van der Waals surface area contributed by atoms with Crippen molar-refractivity contribution >= 4 is 8.46 Å². The van der Waals surface area contributed by atoms with Gasteiger partial charge in [0.1, 0.15) is 0 Å². The Morgan fingerprint density at radius 3 is 1.56 bits per heavy atom. The van der Waals surface area contributed by atoms with Gasteiger partial charge in [-0.1, -0.05) is 95.6 Å². The van der Waals surface area contributed by atoms with Crippen molar-refractivity contribution in [3.63, 3.8) is 0 Å². The molecule has 0 saturated carbocycles. The zero-order valence-electron chi connectivity index (χ0n) is 14.6. The number of hydrogen-bond donors (Lipinski definition) is 0. The van der Waals surface area contributed by atoms with Gasteiger partial charge >= 0.3 is 8.46 Å². The SMILES string of the molecule is C[C@H](c1ccccc1)N(C)C([PH+]=O)(c1ccccc1)c1ccccc1. The molecular formula is C22H23NOP+. The summed E-state index contributed by atoms with van der Waals surface area (Å²) in [5.74, 6) is 0. The lowest BCUT2D eigenvalue weighted by Gasteiger charge is -2.36. The minimum atomic E-state index is -0.683. The van der Waals surface area contributed by atoms with Gasteiger partial charge in [-0.25, -0.2) is 4.90 Å². The highest BCUT2D eigenvalue weighted by atomic mass is 31.1. The number of hydrogen-bond acceptors (Lipinski definition) is 2. The Morgan fingerprint density at radius 1 is 0.760 bits per heavy atom. The topological polar surface area (TPSA) is 20.3 Å². The molecule has 3 heteroatoms. The summed E-state index contributed by atoms with van der Waals surface area (Å²) < 4.78 is 12.7.